The van der Waals surface area contributed by atoms with Gasteiger partial charge >= 0.3 is 0 Å². The van der Waals surface area contributed by atoms with Gasteiger partial charge in [-0.15, -0.1) is 6.58 Å². The van der Waals surface area contributed by atoms with Gasteiger partial charge < -0.3 is 11.1 Å². The van der Waals surface area contributed by atoms with Crippen molar-refractivity contribution in [1.29, 1.82) is 0 Å². The Balaban J connectivity index is 2.82. The lowest BCUT2D eigenvalue weighted by atomic mass is 10.3. The lowest BCUT2D eigenvalue weighted by molar-refractivity contribution is 0.920. The monoisotopic (exact) mass is 179 g/mol. The van der Waals surface area contributed by atoms with Crippen LogP contribution in [0.15, 0.2) is 12.7 Å². The number of rotatable bonds is 3. The fraction of sp³-hybridized carbons (Fsp3) is 0.375. The van der Waals surface area contributed by atoms with Gasteiger partial charge in [-0.2, -0.15) is 15.0 Å². The van der Waals surface area contributed by atoms with Gasteiger partial charge in [-0.1, -0.05) is 6.08 Å². The Morgan fingerprint density at radius 1 is 1.46 bits per heavy atom. The fourth-order valence-electron chi connectivity index (χ4n) is 0.830. The van der Waals surface area contributed by atoms with Crippen LogP contribution in [-0.4, -0.2) is 21.0 Å². The predicted molar refractivity (Wildman–Crippen MR) is 52.3 cm³/mol. The molecule has 0 aliphatic rings. The molecule has 1 atom stereocenters. The molecule has 70 valence electrons. The zero-order valence-electron chi connectivity index (χ0n) is 7.78. The highest BCUT2D eigenvalue weighted by molar-refractivity contribution is 5.32. The maximum atomic E-state index is 5.45. The summed E-state index contributed by atoms with van der Waals surface area (Å²) < 4.78 is 0. The topological polar surface area (TPSA) is 76.7 Å². The van der Waals surface area contributed by atoms with Crippen molar-refractivity contribution in [3.63, 3.8) is 0 Å². The third kappa shape index (κ3) is 2.70. The largest absolute Gasteiger partial charge is 0.368 e. The van der Waals surface area contributed by atoms with E-state index in [1.165, 1.54) is 0 Å². The molecule has 0 saturated heterocycles. The molecule has 5 heteroatoms. The summed E-state index contributed by atoms with van der Waals surface area (Å²) in [6, 6.07) is 0.112. The van der Waals surface area contributed by atoms with E-state index in [9.17, 15) is 0 Å². The van der Waals surface area contributed by atoms with Crippen LogP contribution in [0, 0.1) is 6.92 Å². The van der Waals surface area contributed by atoms with Crippen LogP contribution in [-0.2, 0) is 0 Å². The SMILES string of the molecule is C=CC(C)Nc1nc(C)nc(N)n1. The summed E-state index contributed by atoms with van der Waals surface area (Å²) in [5.41, 5.74) is 5.45. The lowest BCUT2D eigenvalue weighted by Crippen LogP contribution is -2.15. The van der Waals surface area contributed by atoms with E-state index in [0.717, 1.165) is 0 Å². The summed E-state index contributed by atoms with van der Waals surface area (Å²) in [5, 5.41) is 3.01. The van der Waals surface area contributed by atoms with Crippen LogP contribution >= 0.6 is 0 Å². The highest BCUT2D eigenvalue weighted by Crippen LogP contribution is 2.03. The molecule has 0 fully saturated rings. The van der Waals surface area contributed by atoms with Crippen LogP contribution in [0.4, 0.5) is 11.9 Å². The summed E-state index contributed by atoms with van der Waals surface area (Å²) in [5.74, 6) is 1.31. The van der Waals surface area contributed by atoms with E-state index in [2.05, 4.69) is 26.8 Å². The summed E-state index contributed by atoms with van der Waals surface area (Å²) in [6.45, 7) is 7.35. The lowest BCUT2D eigenvalue weighted by Gasteiger charge is -2.08. The zero-order chi connectivity index (χ0) is 9.84. The third-order valence-corrected chi connectivity index (χ3v) is 1.47. The Kier molecular flexibility index (Phi) is 2.79. The Morgan fingerprint density at radius 3 is 2.69 bits per heavy atom. The van der Waals surface area contributed by atoms with Crippen LogP contribution in [0.5, 0.6) is 0 Å². The van der Waals surface area contributed by atoms with Crippen molar-refractivity contribution in [2.24, 2.45) is 0 Å². The minimum Gasteiger partial charge on any atom is -0.368 e. The molecule has 1 rings (SSSR count). The van der Waals surface area contributed by atoms with E-state index in [4.69, 9.17) is 5.73 Å². The highest BCUT2D eigenvalue weighted by Gasteiger charge is 2.02. The second-order valence-electron chi connectivity index (χ2n) is 2.73. The van der Waals surface area contributed by atoms with Gasteiger partial charge in [0.25, 0.3) is 0 Å². The fourth-order valence-corrected chi connectivity index (χ4v) is 0.830. The molecular weight excluding hydrogens is 166 g/mol. The highest BCUT2D eigenvalue weighted by atomic mass is 15.2. The first-order chi connectivity index (χ1) is 6.11. The van der Waals surface area contributed by atoms with Gasteiger partial charge in [0.1, 0.15) is 5.82 Å². The second-order valence-corrected chi connectivity index (χ2v) is 2.73. The number of nitrogens with zero attached hydrogens (tertiary/aromatic N) is 3. The van der Waals surface area contributed by atoms with Crippen molar-refractivity contribution in [2.75, 3.05) is 11.1 Å². The van der Waals surface area contributed by atoms with Crippen LogP contribution < -0.4 is 11.1 Å². The van der Waals surface area contributed by atoms with Crippen molar-refractivity contribution in [2.45, 2.75) is 19.9 Å². The second kappa shape index (κ2) is 3.84. The third-order valence-electron chi connectivity index (χ3n) is 1.47. The predicted octanol–water partition coefficient (Wildman–Crippen LogP) is 0.749. The summed E-state index contributed by atoms with van der Waals surface area (Å²) in [4.78, 5) is 11.8. The zero-order valence-corrected chi connectivity index (χ0v) is 7.78. The van der Waals surface area contributed by atoms with E-state index in [0.29, 0.717) is 11.8 Å². The molecule has 0 aliphatic heterocycles. The van der Waals surface area contributed by atoms with Crippen molar-refractivity contribution >= 4 is 11.9 Å². The van der Waals surface area contributed by atoms with Crippen LogP contribution in [0.25, 0.3) is 0 Å². The van der Waals surface area contributed by atoms with Gasteiger partial charge in [0.15, 0.2) is 0 Å². The van der Waals surface area contributed by atoms with Crippen LogP contribution in [0.3, 0.4) is 0 Å². The summed E-state index contributed by atoms with van der Waals surface area (Å²) in [7, 11) is 0. The molecule has 0 amide bonds. The van der Waals surface area contributed by atoms with Crippen molar-refractivity contribution in [3.05, 3.63) is 18.5 Å². The molecular formula is C8H13N5. The molecule has 0 radical (unpaired) electrons. The van der Waals surface area contributed by atoms with Crippen molar-refractivity contribution in [1.82, 2.24) is 15.0 Å². The van der Waals surface area contributed by atoms with Gasteiger partial charge in [-0.25, -0.2) is 0 Å². The Bertz CT molecular complexity index is 289. The Hall–Kier alpha value is -1.65. The smallest absolute Gasteiger partial charge is 0.228 e. The van der Waals surface area contributed by atoms with Crippen LogP contribution in [0.2, 0.25) is 0 Å². The molecule has 0 aliphatic carbocycles. The minimum atomic E-state index is 0.112. The number of anilines is 2. The van der Waals surface area contributed by atoms with Gasteiger partial charge in [0.05, 0.1) is 0 Å². The van der Waals surface area contributed by atoms with Gasteiger partial charge in [-0.3, -0.25) is 0 Å². The molecule has 0 bridgehead atoms. The number of aromatic nitrogens is 3. The molecule has 3 N–H and O–H groups in total. The summed E-state index contributed by atoms with van der Waals surface area (Å²) >= 11 is 0. The number of nitrogen functional groups attached to an aromatic ring is 1. The minimum absolute atomic E-state index is 0.112. The molecule has 1 aromatic rings. The van der Waals surface area contributed by atoms with Gasteiger partial charge in [0, 0.05) is 6.04 Å². The van der Waals surface area contributed by atoms with Crippen molar-refractivity contribution < 1.29 is 0 Å². The normalized spacial score (nSPS) is 12.2. The maximum absolute atomic E-state index is 5.45. The maximum Gasteiger partial charge on any atom is 0.228 e. The number of hydrogen-bond donors (Lipinski definition) is 2. The Morgan fingerprint density at radius 2 is 2.15 bits per heavy atom. The van der Waals surface area contributed by atoms with Gasteiger partial charge in [0.2, 0.25) is 11.9 Å². The molecule has 0 aromatic carbocycles. The average Bonchev–Trinajstić information content (AvgIpc) is 2.02. The molecule has 5 nitrogen and oxygen atoms in total. The number of aryl methyl sites for hydroxylation is 1. The summed E-state index contributed by atoms with van der Waals surface area (Å²) in [6.07, 6.45) is 1.76. The Labute approximate surface area is 77.1 Å². The molecule has 1 unspecified atom stereocenters. The van der Waals surface area contributed by atoms with E-state index in [1.807, 2.05) is 6.92 Å². The first-order valence-electron chi connectivity index (χ1n) is 3.99. The van der Waals surface area contributed by atoms with E-state index >= 15 is 0 Å². The molecule has 1 heterocycles. The van der Waals surface area contributed by atoms with E-state index < -0.39 is 0 Å². The quantitative estimate of drug-likeness (QED) is 0.669. The number of nitrogens with two attached hydrogens (primary N) is 1. The van der Waals surface area contributed by atoms with E-state index in [-0.39, 0.29) is 12.0 Å². The van der Waals surface area contributed by atoms with E-state index in [1.54, 1.807) is 13.0 Å². The first kappa shape index (κ1) is 9.44. The number of nitrogens with one attached hydrogen (secondary N) is 1. The molecule has 0 saturated carbocycles. The first-order valence-corrected chi connectivity index (χ1v) is 3.99. The standard InChI is InChI=1S/C8H13N5/c1-4-5(2)10-8-12-6(3)11-7(9)13-8/h4-5H,1H2,2-3H3,(H3,9,10,11,12,13). The van der Waals surface area contributed by atoms with Crippen molar-refractivity contribution in [3.8, 4) is 0 Å². The number of hydrogen-bond acceptors (Lipinski definition) is 5. The average molecular weight is 179 g/mol. The molecule has 0 spiro atoms. The molecule has 13 heavy (non-hydrogen) atoms. The van der Waals surface area contributed by atoms with Gasteiger partial charge in [-0.05, 0) is 13.8 Å². The molecule has 1 aromatic heterocycles. The van der Waals surface area contributed by atoms with Crippen LogP contribution in [0.1, 0.15) is 12.7 Å².